The van der Waals surface area contributed by atoms with Crippen LogP contribution in [-0.4, -0.2) is 15.9 Å². The minimum atomic E-state index is -1.65. The van der Waals surface area contributed by atoms with Gasteiger partial charge in [0.15, 0.2) is 0 Å². The first-order chi connectivity index (χ1) is 9.11. The maximum atomic E-state index is 11.8. The van der Waals surface area contributed by atoms with Gasteiger partial charge in [-0.2, -0.15) is 0 Å². The van der Waals surface area contributed by atoms with Crippen molar-refractivity contribution in [1.82, 2.24) is 5.32 Å². The van der Waals surface area contributed by atoms with Gasteiger partial charge in [0.1, 0.15) is 6.17 Å². The molecule has 0 aliphatic rings. The van der Waals surface area contributed by atoms with Crippen molar-refractivity contribution in [3.63, 3.8) is 0 Å². The van der Waals surface area contributed by atoms with Gasteiger partial charge in [-0.05, 0) is 25.5 Å². The van der Waals surface area contributed by atoms with Crippen molar-refractivity contribution in [2.45, 2.75) is 37.7 Å². The Bertz CT molecular complexity index is 484. The van der Waals surface area contributed by atoms with Gasteiger partial charge in [-0.3, -0.25) is 4.79 Å². The maximum absolute atomic E-state index is 11.8. The van der Waals surface area contributed by atoms with Crippen molar-refractivity contribution in [3.8, 4) is 0 Å². The number of rotatable bonds is 4. The first kappa shape index (κ1) is 17.4. The minimum Gasteiger partial charge on any atom is -0.362 e. The van der Waals surface area contributed by atoms with Crippen LogP contribution in [0.4, 0.5) is 5.69 Å². The summed E-state index contributed by atoms with van der Waals surface area (Å²) in [5, 5.41) is 5.77. The Kier molecular flexibility index (Phi) is 5.99. The highest BCUT2D eigenvalue weighted by atomic mass is 35.6. The molecule has 2 N–H and O–H groups in total. The zero-order chi connectivity index (χ0) is 15.5. The number of amides is 1. The van der Waals surface area contributed by atoms with E-state index in [1.165, 1.54) is 0 Å². The van der Waals surface area contributed by atoms with Crippen molar-refractivity contribution in [1.29, 1.82) is 0 Å². The van der Waals surface area contributed by atoms with Crippen molar-refractivity contribution < 1.29 is 4.79 Å². The standard InChI is InChI=1S/C14H19Cl3N2O/c1-8(2)12(20)19-13(14(15,16)17)18-11-6-5-9(3)7-10(11)4/h5-8,13,18H,1-4H3,(H,19,20). The Morgan fingerprint density at radius 3 is 2.25 bits per heavy atom. The number of nitrogens with one attached hydrogen (secondary N) is 2. The summed E-state index contributed by atoms with van der Waals surface area (Å²) in [6.45, 7) is 7.52. The molecule has 0 spiro atoms. The summed E-state index contributed by atoms with van der Waals surface area (Å²) in [5.41, 5.74) is 2.98. The van der Waals surface area contributed by atoms with E-state index in [4.69, 9.17) is 34.8 Å². The number of anilines is 1. The van der Waals surface area contributed by atoms with E-state index >= 15 is 0 Å². The van der Waals surface area contributed by atoms with Crippen LogP contribution in [0.5, 0.6) is 0 Å². The lowest BCUT2D eigenvalue weighted by Crippen LogP contribution is -2.50. The highest BCUT2D eigenvalue weighted by Crippen LogP contribution is 2.32. The molecule has 1 aromatic carbocycles. The lowest BCUT2D eigenvalue weighted by atomic mass is 10.1. The van der Waals surface area contributed by atoms with Gasteiger partial charge < -0.3 is 10.6 Å². The van der Waals surface area contributed by atoms with Crippen LogP contribution in [0.2, 0.25) is 0 Å². The number of carbonyl (C=O) groups excluding carboxylic acids is 1. The Morgan fingerprint density at radius 2 is 1.80 bits per heavy atom. The molecule has 0 radical (unpaired) electrons. The van der Waals surface area contributed by atoms with E-state index in [0.29, 0.717) is 0 Å². The third-order valence-electron chi connectivity index (χ3n) is 2.82. The maximum Gasteiger partial charge on any atom is 0.228 e. The van der Waals surface area contributed by atoms with Crippen LogP contribution >= 0.6 is 34.8 Å². The first-order valence-corrected chi connectivity index (χ1v) is 7.45. The summed E-state index contributed by atoms with van der Waals surface area (Å²) >= 11 is 17.8. The molecule has 0 aliphatic carbocycles. The topological polar surface area (TPSA) is 41.1 Å². The van der Waals surface area contributed by atoms with Gasteiger partial charge in [0.25, 0.3) is 0 Å². The molecule has 0 aromatic heterocycles. The zero-order valence-electron chi connectivity index (χ0n) is 11.9. The predicted molar refractivity (Wildman–Crippen MR) is 86.6 cm³/mol. The van der Waals surface area contributed by atoms with Crippen LogP contribution in [0, 0.1) is 19.8 Å². The number of carbonyl (C=O) groups is 1. The Morgan fingerprint density at radius 1 is 1.20 bits per heavy atom. The Labute approximate surface area is 135 Å². The molecule has 1 aromatic rings. The zero-order valence-corrected chi connectivity index (χ0v) is 14.2. The van der Waals surface area contributed by atoms with Gasteiger partial charge in [0, 0.05) is 11.6 Å². The van der Waals surface area contributed by atoms with Gasteiger partial charge in [-0.25, -0.2) is 0 Å². The fourth-order valence-corrected chi connectivity index (χ4v) is 1.97. The van der Waals surface area contributed by atoms with Crippen molar-refractivity contribution in [2.24, 2.45) is 5.92 Å². The minimum absolute atomic E-state index is 0.182. The van der Waals surface area contributed by atoms with E-state index in [2.05, 4.69) is 10.6 Å². The number of halogens is 3. The SMILES string of the molecule is Cc1ccc(NC(NC(=O)C(C)C)C(Cl)(Cl)Cl)c(C)c1. The molecule has 1 atom stereocenters. The van der Waals surface area contributed by atoms with E-state index in [1.54, 1.807) is 13.8 Å². The molecule has 0 heterocycles. The lowest BCUT2D eigenvalue weighted by Gasteiger charge is -2.28. The second kappa shape index (κ2) is 6.88. The third kappa shape index (κ3) is 5.04. The fourth-order valence-electron chi connectivity index (χ4n) is 1.64. The number of hydrogen-bond donors (Lipinski definition) is 2. The molecule has 1 rings (SSSR count). The van der Waals surface area contributed by atoms with E-state index in [-0.39, 0.29) is 11.8 Å². The van der Waals surface area contributed by atoms with Gasteiger partial charge in [-0.15, -0.1) is 0 Å². The second-order valence-electron chi connectivity index (χ2n) is 5.10. The second-order valence-corrected chi connectivity index (χ2v) is 7.47. The number of hydrogen-bond acceptors (Lipinski definition) is 2. The van der Waals surface area contributed by atoms with Crippen LogP contribution in [-0.2, 0) is 4.79 Å². The molecule has 0 bridgehead atoms. The normalized spacial score (nSPS) is 13.2. The molecule has 0 fully saturated rings. The van der Waals surface area contributed by atoms with Crippen LogP contribution in [0.3, 0.4) is 0 Å². The molecule has 0 aliphatic heterocycles. The molecule has 3 nitrogen and oxygen atoms in total. The fraction of sp³-hybridized carbons (Fsp3) is 0.500. The van der Waals surface area contributed by atoms with Gasteiger partial charge in [-0.1, -0.05) is 66.3 Å². The van der Waals surface area contributed by atoms with Crippen LogP contribution < -0.4 is 10.6 Å². The molecular weight excluding hydrogens is 319 g/mol. The van der Waals surface area contributed by atoms with E-state index in [1.807, 2.05) is 32.0 Å². The van der Waals surface area contributed by atoms with Crippen LogP contribution in [0.25, 0.3) is 0 Å². The largest absolute Gasteiger partial charge is 0.362 e. The molecule has 0 saturated carbocycles. The summed E-state index contributed by atoms with van der Waals surface area (Å²) < 4.78 is -1.65. The van der Waals surface area contributed by atoms with Gasteiger partial charge >= 0.3 is 0 Å². The molecule has 6 heteroatoms. The smallest absolute Gasteiger partial charge is 0.228 e. The highest BCUT2D eigenvalue weighted by molar-refractivity contribution is 6.68. The Balaban J connectivity index is 2.93. The summed E-state index contributed by atoms with van der Waals surface area (Å²) in [7, 11) is 0. The molecule has 20 heavy (non-hydrogen) atoms. The first-order valence-electron chi connectivity index (χ1n) is 6.32. The molecule has 1 amide bonds. The molecule has 1 unspecified atom stereocenters. The number of benzene rings is 1. The number of aryl methyl sites for hydroxylation is 2. The molecule has 112 valence electrons. The van der Waals surface area contributed by atoms with E-state index in [9.17, 15) is 4.79 Å². The summed E-state index contributed by atoms with van der Waals surface area (Å²) in [4.78, 5) is 11.8. The molecule has 0 saturated heterocycles. The summed E-state index contributed by atoms with van der Waals surface area (Å²) in [5.74, 6) is -0.371. The number of alkyl halides is 3. The third-order valence-corrected chi connectivity index (χ3v) is 3.47. The summed E-state index contributed by atoms with van der Waals surface area (Å²) in [6, 6.07) is 5.87. The van der Waals surface area contributed by atoms with E-state index < -0.39 is 9.96 Å². The van der Waals surface area contributed by atoms with Crippen molar-refractivity contribution in [3.05, 3.63) is 29.3 Å². The monoisotopic (exact) mass is 336 g/mol. The van der Waals surface area contributed by atoms with Gasteiger partial charge in [0.05, 0.1) is 0 Å². The summed E-state index contributed by atoms with van der Waals surface area (Å²) in [6.07, 6.45) is -0.802. The lowest BCUT2D eigenvalue weighted by molar-refractivity contribution is -0.124. The average Bonchev–Trinajstić information content (AvgIpc) is 2.29. The predicted octanol–water partition coefficient (Wildman–Crippen LogP) is 4.18. The van der Waals surface area contributed by atoms with Crippen molar-refractivity contribution >= 4 is 46.4 Å². The highest BCUT2D eigenvalue weighted by Gasteiger charge is 2.34. The van der Waals surface area contributed by atoms with Crippen molar-refractivity contribution in [2.75, 3.05) is 5.32 Å². The Hall–Kier alpha value is -0.640. The van der Waals surface area contributed by atoms with Crippen LogP contribution in [0.1, 0.15) is 25.0 Å². The van der Waals surface area contributed by atoms with Gasteiger partial charge in [0.2, 0.25) is 9.70 Å². The van der Waals surface area contributed by atoms with E-state index in [0.717, 1.165) is 16.8 Å². The quantitative estimate of drug-likeness (QED) is 0.639. The molecular formula is C14H19Cl3N2O. The average molecular weight is 338 g/mol. The van der Waals surface area contributed by atoms with Crippen LogP contribution in [0.15, 0.2) is 18.2 Å².